The number of anilines is 1. The molecule has 8 nitrogen and oxygen atoms in total. The molecule has 1 fully saturated rings. The maximum atomic E-state index is 12.0. The lowest BCUT2D eigenvalue weighted by Crippen LogP contribution is -2.45. The van der Waals surface area contributed by atoms with Crippen LogP contribution >= 0.6 is 0 Å². The van der Waals surface area contributed by atoms with Crippen LogP contribution in [-0.4, -0.2) is 67.5 Å². The molecule has 0 aromatic heterocycles. The Hall–Kier alpha value is -1.97. The van der Waals surface area contributed by atoms with E-state index in [0.29, 0.717) is 12.2 Å². The van der Waals surface area contributed by atoms with Crippen LogP contribution in [0.2, 0.25) is 0 Å². The normalized spacial score (nSPS) is 21.9. The topological polar surface area (TPSA) is 116 Å². The number of amides is 2. The first-order valence-electron chi connectivity index (χ1n) is 7.88. The Balaban J connectivity index is 1.81. The lowest BCUT2D eigenvalue weighted by Gasteiger charge is -2.25. The van der Waals surface area contributed by atoms with Gasteiger partial charge >= 0.3 is 0 Å². The van der Waals surface area contributed by atoms with E-state index in [2.05, 4.69) is 10.6 Å². The van der Waals surface area contributed by atoms with Crippen LogP contribution in [0.25, 0.3) is 0 Å². The molecule has 1 aromatic carbocycles. The van der Waals surface area contributed by atoms with E-state index < -0.39 is 22.0 Å². The van der Waals surface area contributed by atoms with Crippen LogP contribution in [0, 0.1) is 0 Å². The van der Waals surface area contributed by atoms with Crippen LogP contribution < -0.4 is 10.6 Å². The van der Waals surface area contributed by atoms with Gasteiger partial charge in [0.15, 0.2) is 9.84 Å². The molecule has 1 heterocycles. The van der Waals surface area contributed by atoms with E-state index in [1.807, 2.05) is 0 Å². The lowest BCUT2D eigenvalue weighted by atomic mass is 10.2. The van der Waals surface area contributed by atoms with Crippen LogP contribution in [0.4, 0.5) is 5.69 Å². The zero-order valence-corrected chi connectivity index (χ0v) is 15.0. The fraction of sp³-hybridized carbons (Fsp3) is 0.500. The monoisotopic (exact) mass is 369 g/mol. The van der Waals surface area contributed by atoms with E-state index >= 15 is 0 Å². The van der Waals surface area contributed by atoms with Crippen molar-refractivity contribution in [2.45, 2.75) is 25.6 Å². The molecule has 3 N–H and O–H groups in total. The molecule has 9 heteroatoms. The van der Waals surface area contributed by atoms with Gasteiger partial charge in [-0.05, 0) is 24.7 Å². The minimum atomic E-state index is -3.25. The highest BCUT2D eigenvalue weighted by Gasteiger charge is 2.39. The van der Waals surface area contributed by atoms with Gasteiger partial charge in [-0.15, -0.1) is 0 Å². The van der Waals surface area contributed by atoms with Crippen molar-refractivity contribution in [3.05, 3.63) is 29.8 Å². The number of hydrogen-bond acceptors (Lipinski definition) is 6. The molecule has 0 unspecified atom stereocenters. The molecule has 2 amide bonds. The minimum Gasteiger partial charge on any atom is -0.390 e. The Bertz CT molecular complexity index is 733. The van der Waals surface area contributed by atoms with E-state index in [1.165, 1.54) is 6.92 Å². The summed E-state index contributed by atoms with van der Waals surface area (Å²) < 4.78 is 23.1. The van der Waals surface area contributed by atoms with Gasteiger partial charge in [0.05, 0.1) is 30.2 Å². The third-order valence-corrected chi connectivity index (χ3v) is 5.72. The Morgan fingerprint density at radius 2 is 1.88 bits per heavy atom. The Morgan fingerprint density at radius 1 is 1.24 bits per heavy atom. The van der Waals surface area contributed by atoms with Crippen molar-refractivity contribution in [3.63, 3.8) is 0 Å². The van der Waals surface area contributed by atoms with Crippen LogP contribution in [0.5, 0.6) is 0 Å². The highest BCUT2D eigenvalue weighted by molar-refractivity contribution is 7.91. The van der Waals surface area contributed by atoms with Gasteiger partial charge in [-0.3, -0.25) is 14.5 Å². The number of likely N-dealkylation sites (N-methyl/N-ethyl adjacent to an activating group) is 1. The molecule has 0 aliphatic carbocycles. The van der Waals surface area contributed by atoms with E-state index in [9.17, 15) is 23.1 Å². The van der Waals surface area contributed by atoms with Crippen molar-refractivity contribution in [3.8, 4) is 0 Å². The number of benzene rings is 1. The van der Waals surface area contributed by atoms with Crippen molar-refractivity contribution >= 4 is 27.3 Å². The second-order valence-corrected chi connectivity index (χ2v) is 8.44. The number of nitrogens with one attached hydrogen (secondary N) is 2. The molecule has 1 saturated heterocycles. The second kappa shape index (κ2) is 7.94. The summed E-state index contributed by atoms with van der Waals surface area (Å²) in [6.45, 7) is 1.75. The molecule has 1 aliphatic rings. The number of sulfone groups is 1. The van der Waals surface area contributed by atoms with Crippen molar-refractivity contribution in [2.24, 2.45) is 0 Å². The van der Waals surface area contributed by atoms with Gasteiger partial charge in [-0.2, -0.15) is 0 Å². The van der Waals surface area contributed by atoms with Gasteiger partial charge < -0.3 is 15.7 Å². The smallest absolute Gasteiger partial charge is 0.234 e. The fourth-order valence-electron chi connectivity index (χ4n) is 2.74. The average Bonchev–Trinajstić information content (AvgIpc) is 2.79. The second-order valence-electron chi connectivity index (χ2n) is 6.28. The summed E-state index contributed by atoms with van der Waals surface area (Å²) in [5, 5.41) is 15.2. The number of rotatable bonds is 6. The highest BCUT2D eigenvalue weighted by Crippen LogP contribution is 2.17. The van der Waals surface area contributed by atoms with Gasteiger partial charge in [0.25, 0.3) is 0 Å². The summed E-state index contributed by atoms with van der Waals surface area (Å²) in [6, 6.07) is 6.52. The third kappa shape index (κ3) is 5.80. The third-order valence-electron chi connectivity index (χ3n) is 4.02. The van der Waals surface area contributed by atoms with Crippen LogP contribution in [0.15, 0.2) is 24.3 Å². The first kappa shape index (κ1) is 19.4. The molecule has 138 valence electrons. The van der Waals surface area contributed by atoms with E-state index in [4.69, 9.17) is 0 Å². The highest BCUT2D eigenvalue weighted by atomic mass is 32.2. The van der Waals surface area contributed by atoms with Crippen molar-refractivity contribution in [1.82, 2.24) is 10.2 Å². The summed E-state index contributed by atoms with van der Waals surface area (Å²) in [4.78, 5) is 24.5. The standard InChI is InChI=1S/C16H23N3O5S/c1-11(20)18-13-5-3-12(4-6-13)7-17-16(22)8-19(2)14-9-25(23,24)10-15(14)21/h3-6,14-15,21H,7-10H2,1-2H3,(H,17,22)(H,18,20)/t14-,15-/m1/s1. The van der Waals surface area contributed by atoms with Crippen molar-refractivity contribution in [1.29, 1.82) is 0 Å². The van der Waals surface area contributed by atoms with Gasteiger partial charge in [-0.1, -0.05) is 12.1 Å². The zero-order valence-electron chi connectivity index (χ0n) is 14.2. The van der Waals surface area contributed by atoms with Crippen molar-refractivity contribution < 1.29 is 23.1 Å². The molecule has 25 heavy (non-hydrogen) atoms. The van der Waals surface area contributed by atoms with Gasteiger partial charge in [0.1, 0.15) is 0 Å². The Morgan fingerprint density at radius 3 is 2.40 bits per heavy atom. The van der Waals surface area contributed by atoms with Crippen LogP contribution in [0.1, 0.15) is 12.5 Å². The number of nitrogens with zero attached hydrogens (tertiary/aromatic N) is 1. The predicted molar refractivity (Wildman–Crippen MR) is 93.7 cm³/mol. The van der Waals surface area contributed by atoms with E-state index in [0.717, 1.165) is 5.56 Å². The van der Waals surface area contributed by atoms with Gasteiger partial charge in [0.2, 0.25) is 11.8 Å². The largest absolute Gasteiger partial charge is 0.390 e. The number of aliphatic hydroxyl groups is 1. The van der Waals surface area contributed by atoms with Gasteiger partial charge in [0, 0.05) is 19.2 Å². The van der Waals surface area contributed by atoms with Crippen LogP contribution in [0.3, 0.4) is 0 Å². The summed E-state index contributed by atoms with van der Waals surface area (Å²) in [7, 11) is -1.63. The predicted octanol–water partition coefficient (Wildman–Crippen LogP) is -0.649. The number of hydrogen-bond donors (Lipinski definition) is 3. The Kier molecular flexibility index (Phi) is 6.15. The molecular weight excluding hydrogens is 346 g/mol. The van der Waals surface area contributed by atoms with E-state index in [-0.39, 0.29) is 29.9 Å². The molecule has 2 atom stereocenters. The summed E-state index contributed by atoms with van der Waals surface area (Å²) >= 11 is 0. The maximum absolute atomic E-state index is 12.0. The zero-order chi connectivity index (χ0) is 18.6. The minimum absolute atomic E-state index is 0.00121. The first-order valence-corrected chi connectivity index (χ1v) is 9.70. The molecule has 1 aliphatic heterocycles. The fourth-order valence-corrected chi connectivity index (χ4v) is 4.62. The van der Waals surface area contributed by atoms with Crippen molar-refractivity contribution in [2.75, 3.05) is 30.4 Å². The Labute approximate surface area is 147 Å². The number of carbonyl (C=O) groups is 2. The molecule has 0 spiro atoms. The molecular formula is C16H23N3O5S. The molecule has 0 radical (unpaired) electrons. The average molecular weight is 369 g/mol. The summed E-state index contributed by atoms with van der Waals surface area (Å²) in [6.07, 6.45) is -0.968. The summed E-state index contributed by atoms with van der Waals surface area (Å²) in [5.41, 5.74) is 1.55. The molecule has 1 aromatic rings. The first-order chi connectivity index (χ1) is 11.7. The SMILES string of the molecule is CC(=O)Nc1ccc(CNC(=O)CN(C)[C@@H]2CS(=O)(=O)C[C@H]2O)cc1. The number of carbonyl (C=O) groups excluding carboxylic acids is 2. The van der Waals surface area contributed by atoms with Gasteiger partial charge in [-0.25, -0.2) is 8.42 Å². The summed E-state index contributed by atoms with van der Waals surface area (Å²) in [5.74, 6) is -0.808. The van der Waals surface area contributed by atoms with E-state index in [1.54, 1.807) is 36.2 Å². The maximum Gasteiger partial charge on any atom is 0.234 e. The van der Waals surface area contributed by atoms with Crippen LogP contribution in [-0.2, 0) is 26.0 Å². The molecule has 2 rings (SSSR count). The quantitative estimate of drug-likeness (QED) is 0.614. The lowest BCUT2D eigenvalue weighted by molar-refractivity contribution is -0.122. The molecule has 0 bridgehead atoms. The molecule has 0 saturated carbocycles. The number of aliphatic hydroxyl groups excluding tert-OH is 1.